The summed E-state index contributed by atoms with van der Waals surface area (Å²) < 4.78 is 5.12. The van der Waals surface area contributed by atoms with Gasteiger partial charge in [-0.2, -0.15) is 5.26 Å². The zero-order valence-corrected chi connectivity index (χ0v) is 14.4. The van der Waals surface area contributed by atoms with E-state index in [0.717, 1.165) is 0 Å². The Labute approximate surface area is 154 Å². The van der Waals surface area contributed by atoms with Crippen LogP contribution in [-0.4, -0.2) is 22.3 Å². The fourth-order valence-corrected chi connectivity index (χ4v) is 2.75. The number of phenols is 2. The van der Waals surface area contributed by atoms with Crippen LogP contribution < -0.4 is 10.5 Å². The summed E-state index contributed by atoms with van der Waals surface area (Å²) in [6.45, 7) is 0. The minimum atomic E-state index is -0.0561. The van der Waals surface area contributed by atoms with Crippen LogP contribution in [-0.2, 0) is 0 Å². The maximum atomic E-state index is 9.76. The molecule has 0 atom stereocenters. The second-order valence-electron chi connectivity index (χ2n) is 5.48. The van der Waals surface area contributed by atoms with Gasteiger partial charge in [-0.05, 0) is 42.0 Å². The van der Waals surface area contributed by atoms with Crippen LogP contribution in [0.2, 0.25) is 5.02 Å². The van der Waals surface area contributed by atoms with E-state index < -0.39 is 0 Å². The molecule has 0 saturated heterocycles. The zero-order valence-electron chi connectivity index (χ0n) is 13.7. The Morgan fingerprint density at radius 1 is 1.08 bits per heavy atom. The Morgan fingerprint density at radius 2 is 1.77 bits per heavy atom. The fourth-order valence-electron chi connectivity index (χ4n) is 2.57. The number of benzene rings is 2. The minimum Gasteiger partial charge on any atom is -0.506 e. The quantitative estimate of drug-likeness (QED) is 0.646. The predicted octanol–water partition coefficient (Wildman–Crippen LogP) is 3.94. The molecule has 2 aromatic carbocycles. The molecule has 0 fully saturated rings. The summed E-state index contributed by atoms with van der Waals surface area (Å²) in [6.07, 6.45) is 0. The molecule has 0 aliphatic rings. The molecule has 1 heterocycles. The number of nitrogen functional groups attached to an aromatic ring is 1. The number of rotatable bonds is 3. The lowest BCUT2D eigenvalue weighted by atomic mass is 9.98. The summed E-state index contributed by atoms with van der Waals surface area (Å²) in [5.74, 6) is 0.306. The first kappa shape index (κ1) is 17.4. The van der Waals surface area contributed by atoms with Crippen molar-refractivity contribution in [2.75, 3.05) is 12.8 Å². The van der Waals surface area contributed by atoms with Gasteiger partial charge in [0, 0.05) is 11.1 Å². The van der Waals surface area contributed by atoms with E-state index in [1.807, 2.05) is 6.07 Å². The van der Waals surface area contributed by atoms with E-state index in [-0.39, 0.29) is 27.9 Å². The maximum Gasteiger partial charge on any atom is 0.161 e. The summed E-state index contributed by atoms with van der Waals surface area (Å²) in [4.78, 5) is 4.28. The summed E-state index contributed by atoms with van der Waals surface area (Å²) >= 11 is 5.99. The summed E-state index contributed by atoms with van der Waals surface area (Å²) in [6, 6.07) is 13.2. The van der Waals surface area contributed by atoms with Crippen molar-refractivity contribution in [3.8, 4) is 45.7 Å². The zero-order chi connectivity index (χ0) is 18.8. The molecule has 7 heteroatoms. The molecule has 0 unspecified atom stereocenters. The number of ether oxygens (including phenoxy) is 1. The van der Waals surface area contributed by atoms with Gasteiger partial charge in [-0.1, -0.05) is 17.7 Å². The third kappa shape index (κ3) is 3.08. The molecule has 0 radical (unpaired) electrons. The van der Waals surface area contributed by atoms with Gasteiger partial charge in [0.25, 0.3) is 0 Å². The van der Waals surface area contributed by atoms with Crippen LogP contribution in [0.3, 0.4) is 0 Å². The molecule has 26 heavy (non-hydrogen) atoms. The number of nitriles is 1. The lowest BCUT2D eigenvalue weighted by Gasteiger charge is -2.12. The van der Waals surface area contributed by atoms with Crippen molar-refractivity contribution in [1.29, 1.82) is 5.26 Å². The maximum absolute atomic E-state index is 9.76. The van der Waals surface area contributed by atoms with Crippen molar-refractivity contribution in [3.63, 3.8) is 0 Å². The number of methoxy groups -OCH3 is 1. The SMILES string of the molecule is COc1cc(-c2cc(-c3ccc(O)c(Cl)c3)c(C#N)c(N)n2)ccc1O. The molecule has 3 rings (SSSR count). The fraction of sp³-hybridized carbons (Fsp3) is 0.0526. The molecule has 0 spiro atoms. The first-order valence-electron chi connectivity index (χ1n) is 7.51. The molecule has 0 bridgehead atoms. The van der Waals surface area contributed by atoms with E-state index in [4.69, 9.17) is 22.1 Å². The highest BCUT2D eigenvalue weighted by Gasteiger charge is 2.15. The van der Waals surface area contributed by atoms with E-state index in [1.165, 1.54) is 19.2 Å². The largest absolute Gasteiger partial charge is 0.506 e. The topological polar surface area (TPSA) is 112 Å². The van der Waals surface area contributed by atoms with Crippen LogP contribution >= 0.6 is 11.6 Å². The molecular weight excluding hydrogens is 354 g/mol. The Bertz CT molecular complexity index is 1040. The van der Waals surface area contributed by atoms with Crippen LogP contribution in [0, 0.1) is 11.3 Å². The Balaban J connectivity index is 2.22. The molecule has 0 amide bonds. The summed E-state index contributed by atoms with van der Waals surface area (Å²) in [7, 11) is 1.45. The van der Waals surface area contributed by atoms with Crippen molar-refractivity contribution in [2.24, 2.45) is 0 Å². The van der Waals surface area contributed by atoms with E-state index in [1.54, 1.807) is 30.3 Å². The molecular formula is C19H14ClN3O3. The van der Waals surface area contributed by atoms with Gasteiger partial charge in [-0.25, -0.2) is 4.98 Å². The number of phenolic OH excluding ortho intramolecular Hbond substituents is 2. The predicted molar refractivity (Wildman–Crippen MR) is 99.1 cm³/mol. The minimum absolute atomic E-state index is 0.00315. The number of aromatic nitrogens is 1. The molecule has 0 aliphatic carbocycles. The van der Waals surface area contributed by atoms with E-state index in [9.17, 15) is 15.5 Å². The normalized spacial score (nSPS) is 10.3. The lowest BCUT2D eigenvalue weighted by Crippen LogP contribution is -2.00. The van der Waals surface area contributed by atoms with Crippen LogP contribution in [0.1, 0.15) is 5.56 Å². The van der Waals surface area contributed by atoms with Crippen molar-refractivity contribution < 1.29 is 14.9 Å². The average molecular weight is 368 g/mol. The first-order valence-corrected chi connectivity index (χ1v) is 7.89. The van der Waals surface area contributed by atoms with Gasteiger partial charge in [-0.3, -0.25) is 0 Å². The monoisotopic (exact) mass is 367 g/mol. The second-order valence-corrected chi connectivity index (χ2v) is 5.89. The third-order valence-electron chi connectivity index (χ3n) is 3.89. The number of nitrogens with two attached hydrogens (primary N) is 1. The lowest BCUT2D eigenvalue weighted by molar-refractivity contribution is 0.373. The Kier molecular flexibility index (Phi) is 4.57. The average Bonchev–Trinajstić information content (AvgIpc) is 2.63. The number of halogens is 1. The van der Waals surface area contributed by atoms with Crippen LogP contribution in [0.4, 0.5) is 5.82 Å². The first-order chi connectivity index (χ1) is 12.4. The van der Waals surface area contributed by atoms with Crippen molar-refractivity contribution in [3.05, 3.63) is 53.1 Å². The molecule has 1 aromatic heterocycles. The van der Waals surface area contributed by atoms with Crippen LogP contribution in [0.25, 0.3) is 22.4 Å². The molecule has 6 nitrogen and oxygen atoms in total. The third-order valence-corrected chi connectivity index (χ3v) is 4.20. The van der Waals surface area contributed by atoms with Gasteiger partial charge in [0.2, 0.25) is 0 Å². The number of hydrogen-bond donors (Lipinski definition) is 3. The van der Waals surface area contributed by atoms with Crippen molar-refractivity contribution in [1.82, 2.24) is 4.98 Å². The van der Waals surface area contributed by atoms with Crippen LogP contribution in [0.5, 0.6) is 17.2 Å². The van der Waals surface area contributed by atoms with Gasteiger partial charge >= 0.3 is 0 Å². The van der Waals surface area contributed by atoms with E-state index in [0.29, 0.717) is 28.1 Å². The van der Waals surface area contributed by atoms with Crippen molar-refractivity contribution >= 4 is 17.4 Å². The van der Waals surface area contributed by atoms with E-state index >= 15 is 0 Å². The van der Waals surface area contributed by atoms with Gasteiger partial charge in [0.15, 0.2) is 11.5 Å². The second kappa shape index (κ2) is 6.82. The molecule has 3 aromatic rings. The Hall–Kier alpha value is -3.43. The summed E-state index contributed by atoms with van der Waals surface area (Å²) in [5, 5.41) is 29.0. The smallest absolute Gasteiger partial charge is 0.161 e. The highest BCUT2D eigenvalue weighted by Crippen LogP contribution is 2.36. The number of anilines is 1. The number of pyridine rings is 1. The van der Waals surface area contributed by atoms with E-state index in [2.05, 4.69) is 4.98 Å². The molecule has 130 valence electrons. The van der Waals surface area contributed by atoms with Gasteiger partial charge < -0.3 is 20.7 Å². The standard InChI is InChI=1S/C19H14ClN3O3/c1-26-18-7-11(3-5-17(18)25)15-8-12(13(9-21)19(22)23-15)10-2-4-16(24)14(20)6-10/h2-8,24-25H,1H3,(H2,22,23). The number of hydrogen-bond acceptors (Lipinski definition) is 6. The number of nitrogens with zero attached hydrogens (tertiary/aromatic N) is 2. The van der Waals surface area contributed by atoms with Crippen LogP contribution in [0.15, 0.2) is 42.5 Å². The molecule has 0 aliphatic heterocycles. The highest BCUT2D eigenvalue weighted by atomic mass is 35.5. The number of aromatic hydroxyl groups is 2. The Morgan fingerprint density at radius 3 is 2.42 bits per heavy atom. The molecule has 0 saturated carbocycles. The molecule has 4 N–H and O–H groups in total. The van der Waals surface area contributed by atoms with Gasteiger partial charge in [-0.15, -0.1) is 0 Å². The summed E-state index contributed by atoms with van der Waals surface area (Å²) in [5.41, 5.74) is 8.49. The van der Waals surface area contributed by atoms with Crippen molar-refractivity contribution in [2.45, 2.75) is 0 Å². The van der Waals surface area contributed by atoms with Gasteiger partial charge in [0.05, 0.1) is 17.8 Å². The van der Waals surface area contributed by atoms with Gasteiger partial charge in [0.1, 0.15) is 23.2 Å². The highest BCUT2D eigenvalue weighted by molar-refractivity contribution is 6.32.